The Hall–Kier alpha value is -1.09. The Morgan fingerprint density at radius 3 is 2.87 bits per heavy atom. The maximum Gasteiger partial charge on any atom is 0.150 e. The van der Waals surface area contributed by atoms with Crippen molar-refractivity contribution in [2.24, 2.45) is 5.92 Å². The summed E-state index contributed by atoms with van der Waals surface area (Å²) in [5.74, 6) is 0.569. The van der Waals surface area contributed by atoms with Gasteiger partial charge in [-0.05, 0) is 31.9 Å². The van der Waals surface area contributed by atoms with Gasteiger partial charge in [-0.1, -0.05) is 12.1 Å². The molecule has 0 aromatic heterocycles. The quantitative estimate of drug-likeness (QED) is 0.769. The molecule has 3 heteroatoms. The van der Waals surface area contributed by atoms with Crippen LogP contribution in [0.1, 0.15) is 18.4 Å². The number of hydrogen-bond acceptors (Lipinski definition) is 2. The first kappa shape index (κ1) is 10.4. The van der Waals surface area contributed by atoms with Crippen LogP contribution in [0.3, 0.4) is 0 Å². The predicted molar refractivity (Wildman–Crippen MR) is 59.9 cm³/mol. The van der Waals surface area contributed by atoms with Crippen molar-refractivity contribution in [3.05, 3.63) is 29.6 Å². The highest BCUT2D eigenvalue weighted by molar-refractivity contribution is 5.42. The third kappa shape index (κ3) is 2.69. The standard InChI is InChI=1S/C12H17FN2/c1-15(7-9-5-6-9)8-10-3-2-4-11(14)12(10)13/h2-4,9H,5-8,14H2,1H3. The van der Waals surface area contributed by atoms with Gasteiger partial charge in [0.1, 0.15) is 0 Å². The molecule has 0 saturated heterocycles. The Balaban J connectivity index is 1.99. The summed E-state index contributed by atoms with van der Waals surface area (Å²) in [7, 11) is 2.03. The molecule has 82 valence electrons. The van der Waals surface area contributed by atoms with Crippen LogP contribution in [0.4, 0.5) is 10.1 Å². The van der Waals surface area contributed by atoms with Gasteiger partial charge in [-0.25, -0.2) is 4.39 Å². The van der Waals surface area contributed by atoms with Crippen LogP contribution >= 0.6 is 0 Å². The van der Waals surface area contributed by atoms with Gasteiger partial charge in [0, 0.05) is 18.7 Å². The molecule has 1 aliphatic rings. The first-order valence-electron chi connectivity index (χ1n) is 5.38. The van der Waals surface area contributed by atoms with Crippen LogP contribution < -0.4 is 5.73 Å². The lowest BCUT2D eigenvalue weighted by molar-refractivity contribution is 0.308. The van der Waals surface area contributed by atoms with Crippen molar-refractivity contribution < 1.29 is 4.39 Å². The summed E-state index contributed by atoms with van der Waals surface area (Å²) in [4.78, 5) is 2.16. The van der Waals surface area contributed by atoms with Gasteiger partial charge >= 0.3 is 0 Å². The Kier molecular flexibility index (Phi) is 2.91. The zero-order valence-electron chi connectivity index (χ0n) is 9.04. The van der Waals surface area contributed by atoms with E-state index in [0.29, 0.717) is 12.1 Å². The molecule has 0 radical (unpaired) electrons. The Morgan fingerprint density at radius 1 is 1.47 bits per heavy atom. The summed E-state index contributed by atoms with van der Waals surface area (Å²) >= 11 is 0. The number of hydrogen-bond donors (Lipinski definition) is 1. The van der Waals surface area contributed by atoms with Gasteiger partial charge in [-0.3, -0.25) is 0 Å². The minimum absolute atomic E-state index is 0.243. The molecule has 1 aliphatic carbocycles. The molecule has 1 aromatic carbocycles. The average molecular weight is 208 g/mol. The highest BCUT2D eigenvalue weighted by Crippen LogP contribution is 2.29. The van der Waals surface area contributed by atoms with Crippen molar-refractivity contribution in [1.82, 2.24) is 4.90 Å². The number of nitrogens with two attached hydrogens (primary N) is 1. The fourth-order valence-electron chi connectivity index (χ4n) is 1.82. The molecule has 0 spiro atoms. The molecule has 1 fully saturated rings. The van der Waals surface area contributed by atoms with Gasteiger partial charge in [0.15, 0.2) is 5.82 Å². The predicted octanol–water partition coefficient (Wildman–Crippen LogP) is 2.25. The number of rotatable bonds is 4. The second kappa shape index (κ2) is 4.19. The SMILES string of the molecule is CN(Cc1cccc(N)c1F)CC1CC1. The van der Waals surface area contributed by atoms with Gasteiger partial charge in [0.05, 0.1) is 5.69 Å². The van der Waals surface area contributed by atoms with E-state index in [1.807, 2.05) is 7.05 Å². The second-order valence-corrected chi connectivity index (χ2v) is 4.46. The Labute approximate surface area is 89.9 Å². The number of nitrogen functional groups attached to an aromatic ring is 1. The molecule has 2 N–H and O–H groups in total. The topological polar surface area (TPSA) is 29.3 Å². The number of benzene rings is 1. The van der Waals surface area contributed by atoms with Crippen LogP contribution in [0.15, 0.2) is 18.2 Å². The summed E-state index contributed by atoms with van der Waals surface area (Å²) < 4.78 is 13.6. The first-order chi connectivity index (χ1) is 7.16. The molecule has 0 atom stereocenters. The summed E-state index contributed by atoms with van der Waals surface area (Å²) in [5, 5.41) is 0. The Morgan fingerprint density at radius 2 is 2.20 bits per heavy atom. The van der Waals surface area contributed by atoms with Gasteiger partial charge in [-0.15, -0.1) is 0 Å². The molecule has 0 heterocycles. The van der Waals surface area contributed by atoms with Gasteiger partial charge in [-0.2, -0.15) is 0 Å². The average Bonchev–Trinajstić information content (AvgIpc) is 2.97. The van der Waals surface area contributed by atoms with Gasteiger partial charge in [0.2, 0.25) is 0 Å². The van der Waals surface area contributed by atoms with E-state index in [2.05, 4.69) is 4.90 Å². The maximum absolute atomic E-state index is 13.6. The summed E-state index contributed by atoms with van der Waals surface area (Å²) in [6, 6.07) is 5.20. The van der Waals surface area contributed by atoms with Gasteiger partial charge in [0.25, 0.3) is 0 Å². The van der Waals surface area contributed by atoms with Crippen LogP contribution in [0.5, 0.6) is 0 Å². The molecule has 1 aromatic rings. The van der Waals surface area contributed by atoms with E-state index >= 15 is 0 Å². The van der Waals surface area contributed by atoms with Crippen LogP contribution in [-0.4, -0.2) is 18.5 Å². The molecule has 2 rings (SSSR count). The Bertz CT molecular complexity index is 347. The summed E-state index contributed by atoms with van der Waals surface area (Å²) in [5.41, 5.74) is 6.45. The van der Waals surface area contributed by atoms with E-state index in [-0.39, 0.29) is 11.5 Å². The molecule has 2 nitrogen and oxygen atoms in total. The van der Waals surface area contributed by atoms with Crippen LogP contribution in [0.25, 0.3) is 0 Å². The number of nitrogens with zero attached hydrogens (tertiary/aromatic N) is 1. The summed E-state index contributed by atoms with van der Waals surface area (Å²) in [6.07, 6.45) is 2.65. The van der Waals surface area contributed by atoms with Gasteiger partial charge < -0.3 is 10.6 Å². The smallest absolute Gasteiger partial charge is 0.150 e. The lowest BCUT2D eigenvalue weighted by Gasteiger charge is -2.16. The fraction of sp³-hybridized carbons (Fsp3) is 0.500. The number of halogens is 1. The first-order valence-corrected chi connectivity index (χ1v) is 5.38. The molecule has 0 amide bonds. The third-order valence-electron chi connectivity index (χ3n) is 2.82. The zero-order chi connectivity index (χ0) is 10.8. The maximum atomic E-state index is 13.6. The fourth-order valence-corrected chi connectivity index (χ4v) is 1.82. The van der Waals surface area contributed by atoms with Crippen LogP contribution in [0, 0.1) is 11.7 Å². The summed E-state index contributed by atoms with van der Waals surface area (Å²) in [6.45, 7) is 1.71. The molecule has 1 saturated carbocycles. The number of anilines is 1. The highest BCUT2D eigenvalue weighted by atomic mass is 19.1. The minimum atomic E-state index is -0.264. The van der Waals surface area contributed by atoms with Crippen molar-refractivity contribution in [1.29, 1.82) is 0 Å². The molecular weight excluding hydrogens is 191 g/mol. The lowest BCUT2D eigenvalue weighted by atomic mass is 10.1. The highest BCUT2D eigenvalue weighted by Gasteiger charge is 2.23. The van der Waals surface area contributed by atoms with Crippen LogP contribution in [-0.2, 0) is 6.54 Å². The van der Waals surface area contributed by atoms with E-state index in [4.69, 9.17) is 5.73 Å². The van der Waals surface area contributed by atoms with Crippen molar-refractivity contribution in [3.8, 4) is 0 Å². The van der Waals surface area contributed by atoms with E-state index in [1.165, 1.54) is 12.8 Å². The molecule has 15 heavy (non-hydrogen) atoms. The van der Waals surface area contributed by atoms with Crippen molar-refractivity contribution in [3.63, 3.8) is 0 Å². The lowest BCUT2D eigenvalue weighted by Crippen LogP contribution is -2.21. The minimum Gasteiger partial charge on any atom is -0.396 e. The van der Waals surface area contributed by atoms with E-state index in [9.17, 15) is 4.39 Å². The van der Waals surface area contributed by atoms with Crippen molar-refractivity contribution >= 4 is 5.69 Å². The molecule has 0 aliphatic heterocycles. The van der Waals surface area contributed by atoms with E-state index in [1.54, 1.807) is 18.2 Å². The monoisotopic (exact) mass is 208 g/mol. The van der Waals surface area contributed by atoms with E-state index in [0.717, 1.165) is 12.5 Å². The van der Waals surface area contributed by atoms with Crippen molar-refractivity contribution in [2.45, 2.75) is 19.4 Å². The normalized spacial score (nSPS) is 15.9. The molecule has 0 bridgehead atoms. The van der Waals surface area contributed by atoms with Crippen molar-refractivity contribution in [2.75, 3.05) is 19.3 Å². The molecular formula is C12H17FN2. The van der Waals surface area contributed by atoms with Crippen LogP contribution in [0.2, 0.25) is 0 Å². The third-order valence-corrected chi connectivity index (χ3v) is 2.82. The second-order valence-electron chi connectivity index (χ2n) is 4.46. The molecule has 0 unspecified atom stereocenters. The largest absolute Gasteiger partial charge is 0.396 e. The zero-order valence-corrected chi connectivity index (χ0v) is 9.04. The van der Waals surface area contributed by atoms with E-state index < -0.39 is 0 Å².